The molecule has 1 fully saturated rings. The number of aliphatic hydroxyl groups is 1. The van der Waals surface area contributed by atoms with Crippen LogP contribution in [0.5, 0.6) is 11.5 Å². The van der Waals surface area contributed by atoms with E-state index in [1.165, 1.54) is 0 Å². The van der Waals surface area contributed by atoms with Crippen molar-refractivity contribution in [3.63, 3.8) is 0 Å². The van der Waals surface area contributed by atoms with Gasteiger partial charge in [0.25, 0.3) is 0 Å². The molecule has 100 valence electrons. The SMILES string of the molecule is CCOC1C(O)CC1Oc1c(Br)cccc1OC. The first-order valence-electron chi connectivity index (χ1n) is 5.96. The summed E-state index contributed by atoms with van der Waals surface area (Å²) in [5.41, 5.74) is 0. The van der Waals surface area contributed by atoms with Gasteiger partial charge in [0.1, 0.15) is 12.2 Å². The van der Waals surface area contributed by atoms with E-state index in [4.69, 9.17) is 14.2 Å². The van der Waals surface area contributed by atoms with Gasteiger partial charge < -0.3 is 19.3 Å². The van der Waals surface area contributed by atoms with Crippen LogP contribution in [0.2, 0.25) is 0 Å². The van der Waals surface area contributed by atoms with Crippen molar-refractivity contribution in [3.05, 3.63) is 22.7 Å². The Morgan fingerprint density at radius 2 is 2.22 bits per heavy atom. The van der Waals surface area contributed by atoms with Gasteiger partial charge in [0.05, 0.1) is 17.7 Å². The number of methoxy groups -OCH3 is 1. The summed E-state index contributed by atoms with van der Waals surface area (Å²) in [4.78, 5) is 0. The number of para-hydroxylation sites is 1. The number of ether oxygens (including phenoxy) is 3. The maximum Gasteiger partial charge on any atom is 0.175 e. The van der Waals surface area contributed by atoms with Gasteiger partial charge in [0, 0.05) is 13.0 Å². The molecule has 0 spiro atoms. The molecule has 0 bridgehead atoms. The van der Waals surface area contributed by atoms with Crippen LogP contribution in [0, 0.1) is 0 Å². The lowest BCUT2D eigenvalue weighted by atomic mass is 9.88. The average molecular weight is 317 g/mol. The van der Waals surface area contributed by atoms with Gasteiger partial charge in [0.15, 0.2) is 11.5 Å². The third-order valence-corrected chi connectivity index (χ3v) is 3.62. The van der Waals surface area contributed by atoms with Crippen LogP contribution >= 0.6 is 15.9 Å². The highest BCUT2D eigenvalue weighted by Gasteiger charge is 2.43. The number of halogens is 1. The first-order valence-corrected chi connectivity index (χ1v) is 6.75. The molecule has 3 atom stereocenters. The molecule has 0 saturated heterocycles. The van der Waals surface area contributed by atoms with E-state index >= 15 is 0 Å². The van der Waals surface area contributed by atoms with Gasteiger partial charge in [-0.2, -0.15) is 0 Å². The van der Waals surface area contributed by atoms with E-state index in [9.17, 15) is 5.11 Å². The van der Waals surface area contributed by atoms with E-state index in [1.807, 2.05) is 25.1 Å². The summed E-state index contributed by atoms with van der Waals surface area (Å²) in [5, 5.41) is 9.64. The number of hydrogen-bond donors (Lipinski definition) is 1. The molecular weight excluding hydrogens is 300 g/mol. The molecule has 1 aliphatic carbocycles. The normalized spacial score (nSPS) is 26.6. The third kappa shape index (κ3) is 2.63. The lowest BCUT2D eigenvalue weighted by Gasteiger charge is -2.40. The molecule has 0 aliphatic heterocycles. The molecule has 0 radical (unpaired) electrons. The number of hydrogen-bond acceptors (Lipinski definition) is 4. The zero-order valence-electron chi connectivity index (χ0n) is 10.4. The highest BCUT2D eigenvalue weighted by Crippen LogP contribution is 2.39. The molecule has 3 unspecified atom stereocenters. The quantitative estimate of drug-likeness (QED) is 0.906. The highest BCUT2D eigenvalue weighted by atomic mass is 79.9. The Hall–Kier alpha value is -0.780. The van der Waals surface area contributed by atoms with Crippen LogP contribution in [0.15, 0.2) is 22.7 Å². The number of rotatable bonds is 5. The van der Waals surface area contributed by atoms with E-state index < -0.39 is 6.10 Å². The first kappa shape index (κ1) is 13.6. The van der Waals surface area contributed by atoms with Crippen LogP contribution in [-0.4, -0.2) is 37.1 Å². The second-order valence-corrected chi connectivity index (χ2v) is 5.00. The molecule has 1 saturated carbocycles. The summed E-state index contributed by atoms with van der Waals surface area (Å²) in [6, 6.07) is 5.61. The Labute approximate surface area is 115 Å². The van der Waals surface area contributed by atoms with Crippen LogP contribution in [0.3, 0.4) is 0 Å². The molecule has 18 heavy (non-hydrogen) atoms. The van der Waals surface area contributed by atoms with Crippen molar-refractivity contribution < 1.29 is 19.3 Å². The third-order valence-electron chi connectivity index (χ3n) is 3.00. The minimum atomic E-state index is -0.441. The summed E-state index contributed by atoms with van der Waals surface area (Å²) in [7, 11) is 1.60. The molecule has 0 heterocycles. The van der Waals surface area contributed by atoms with Crippen molar-refractivity contribution >= 4 is 15.9 Å². The van der Waals surface area contributed by atoms with Gasteiger partial charge in [-0.3, -0.25) is 0 Å². The second kappa shape index (κ2) is 5.91. The zero-order valence-corrected chi connectivity index (χ0v) is 12.0. The maximum atomic E-state index is 9.64. The first-order chi connectivity index (χ1) is 8.67. The van der Waals surface area contributed by atoms with Crippen LogP contribution in [0.4, 0.5) is 0 Å². The van der Waals surface area contributed by atoms with Gasteiger partial charge in [-0.25, -0.2) is 0 Å². The second-order valence-electron chi connectivity index (χ2n) is 4.15. The molecule has 0 aromatic heterocycles. The topological polar surface area (TPSA) is 47.9 Å². The molecule has 1 aromatic carbocycles. The molecule has 1 N–H and O–H groups in total. The molecular formula is C13H17BrO4. The summed E-state index contributed by atoms with van der Waals surface area (Å²) in [6.07, 6.45) is -0.252. The number of benzene rings is 1. The zero-order chi connectivity index (χ0) is 13.1. The summed E-state index contributed by atoms with van der Waals surface area (Å²) in [6.45, 7) is 2.47. The standard InChI is InChI=1S/C13H17BrO4/c1-3-17-13-9(15)7-11(13)18-12-8(14)5-4-6-10(12)16-2/h4-6,9,11,13,15H,3,7H2,1-2H3. The van der Waals surface area contributed by atoms with Gasteiger partial charge in [-0.15, -0.1) is 0 Å². The van der Waals surface area contributed by atoms with E-state index in [2.05, 4.69) is 15.9 Å². The van der Waals surface area contributed by atoms with E-state index in [-0.39, 0.29) is 12.2 Å². The van der Waals surface area contributed by atoms with Gasteiger partial charge >= 0.3 is 0 Å². The minimum Gasteiger partial charge on any atom is -0.493 e. The lowest BCUT2D eigenvalue weighted by molar-refractivity contribution is -0.160. The summed E-state index contributed by atoms with van der Waals surface area (Å²) >= 11 is 3.44. The molecule has 4 nitrogen and oxygen atoms in total. The van der Waals surface area contributed by atoms with Crippen molar-refractivity contribution in [2.24, 2.45) is 0 Å². The Balaban J connectivity index is 2.10. The van der Waals surface area contributed by atoms with Crippen LogP contribution < -0.4 is 9.47 Å². The molecule has 2 rings (SSSR count). The monoisotopic (exact) mass is 316 g/mol. The predicted octanol–water partition coefficient (Wildman–Crippen LogP) is 2.37. The maximum absolute atomic E-state index is 9.64. The fraction of sp³-hybridized carbons (Fsp3) is 0.538. The average Bonchev–Trinajstić information content (AvgIpc) is 2.37. The fourth-order valence-electron chi connectivity index (χ4n) is 2.00. The number of aliphatic hydroxyl groups excluding tert-OH is 1. The highest BCUT2D eigenvalue weighted by molar-refractivity contribution is 9.10. The largest absolute Gasteiger partial charge is 0.493 e. The minimum absolute atomic E-state index is 0.132. The molecule has 5 heteroatoms. The molecule has 1 aliphatic rings. The Kier molecular flexibility index (Phi) is 4.48. The Morgan fingerprint density at radius 1 is 1.44 bits per heavy atom. The smallest absolute Gasteiger partial charge is 0.175 e. The van der Waals surface area contributed by atoms with Crippen molar-refractivity contribution in [1.82, 2.24) is 0 Å². The van der Waals surface area contributed by atoms with E-state index in [0.29, 0.717) is 24.5 Å². The van der Waals surface area contributed by atoms with Crippen LogP contribution in [0.1, 0.15) is 13.3 Å². The predicted molar refractivity (Wildman–Crippen MR) is 71.1 cm³/mol. The summed E-state index contributed by atoms with van der Waals surface area (Å²) in [5.74, 6) is 1.32. The lowest BCUT2D eigenvalue weighted by Crippen LogP contribution is -2.55. The van der Waals surface area contributed by atoms with Crippen molar-refractivity contribution in [2.45, 2.75) is 31.7 Å². The fourth-order valence-corrected chi connectivity index (χ4v) is 2.44. The van der Waals surface area contributed by atoms with E-state index in [0.717, 1.165) is 4.47 Å². The van der Waals surface area contributed by atoms with Crippen LogP contribution in [0.25, 0.3) is 0 Å². The van der Waals surface area contributed by atoms with Crippen molar-refractivity contribution in [3.8, 4) is 11.5 Å². The Bertz CT molecular complexity index is 410. The molecule has 1 aromatic rings. The summed E-state index contributed by atoms with van der Waals surface area (Å²) < 4.78 is 17.4. The Morgan fingerprint density at radius 3 is 2.83 bits per heavy atom. The van der Waals surface area contributed by atoms with Crippen molar-refractivity contribution in [1.29, 1.82) is 0 Å². The van der Waals surface area contributed by atoms with Gasteiger partial charge in [-0.05, 0) is 35.0 Å². The van der Waals surface area contributed by atoms with E-state index in [1.54, 1.807) is 7.11 Å². The van der Waals surface area contributed by atoms with Gasteiger partial charge in [-0.1, -0.05) is 6.07 Å². The molecule has 0 amide bonds. The van der Waals surface area contributed by atoms with Crippen molar-refractivity contribution in [2.75, 3.05) is 13.7 Å². The van der Waals surface area contributed by atoms with Gasteiger partial charge in [0.2, 0.25) is 0 Å². The van der Waals surface area contributed by atoms with Crippen LogP contribution in [-0.2, 0) is 4.74 Å².